The van der Waals surface area contributed by atoms with Gasteiger partial charge in [0.2, 0.25) is 0 Å². The number of urea groups is 1. The summed E-state index contributed by atoms with van der Waals surface area (Å²) in [5, 5.41) is 0. The highest BCUT2D eigenvalue weighted by Crippen LogP contribution is 2.19. The van der Waals surface area contributed by atoms with E-state index in [0.29, 0.717) is 0 Å². The van der Waals surface area contributed by atoms with E-state index in [-0.39, 0.29) is 6.03 Å². The minimum absolute atomic E-state index is 0.332. The lowest BCUT2D eigenvalue weighted by Crippen LogP contribution is -2.41. The van der Waals surface area contributed by atoms with Crippen LogP contribution in [0.2, 0.25) is 0 Å². The molecule has 0 bridgehead atoms. The molecule has 1 aromatic carbocycles. The number of thioether (sulfide) groups is 1. The molecule has 0 radical (unpaired) electrons. The van der Waals surface area contributed by atoms with Crippen molar-refractivity contribution in [3.05, 3.63) is 24.3 Å². The van der Waals surface area contributed by atoms with E-state index in [1.54, 1.807) is 18.8 Å². The summed E-state index contributed by atoms with van der Waals surface area (Å²) < 4.78 is 0. The van der Waals surface area contributed by atoms with Crippen LogP contribution in [-0.4, -0.2) is 19.3 Å². The molecule has 0 spiro atoms. The standard InChI is InChI=1S/C9H13N3OS/c1-12(9(13)11-10)7-3-5-8(14-2)6-4-7/h3-6H,10H2,1-2H3,(H,11,13). The SMILES string of the molecule is CSc1ccc(N(C)C(=O)NN)cc1. The Labute approximate surface area is 87.4 Å². The van der Waals surface area contributed by atoms with Crippen LogP contribution in [0.15, 0.2) is 29.2 Å². The minimum Gasteiger partial charge on any atom is -0.296 e. The van der Waals surface area contributed by atoms with Gasteiger partial charge in [-0.1, -0.05) is 0 Å². The quantitative estimate of drug-likeness (QED) is 0.337. The number of nitrogens with one attached hydrogen (secondary N) is 1. The van der Waals surface area contributed by atoms with E-state index in [0.717, 1.165) is 10.6 Å². The summed E-state index contributed by atoms with van der Waals surface area (Å²) in [6.45, 7) is 0. The molecule has 0 aliphatic heterocycles. The molecule has 0 saturated carbocycles. The first-order valence-electron chi connectivity index (χ1n) is 4.07. The van der Waals surface area contributed by atoms with Crippen molar-refractivity contribution in [3.63, 3.8) is 0 Å². The molecule has 0 heterocycles. The number of rotatable bonds is 2. The Morgan fingerprint density at radius 3 is 2.43 bits per heavy atom. The summed E-state index contributed by atoms with van der Waals surface area (Å²) in [4.78, 5) is 13.8. The predicted octanol–water partition coefficient (Wildman–Crippen LogP) is 1.43. The van der Waals surface area contributed by atoms with E-state index in [9.17, 15) is 4.79 Å². The zero-order chi connectivity index (χ0) is 10.6. The van der Waals surface area contributed by atoms with Gasteiger partial charge in [0.1, 0.15) is 0 Å². The third kappa shape index (κ3) is 2.40. The van der Waals surface area contributed by atoms with E-state index in [1.807, 2.05) is 30.5 Å². The highest BCUT2D eigenvalue weighted by Gasteiger charge is 2.07. The highest BCUT2D eigenvalue weighted by atomic mass is 32.2. The zero-order valence-corrected chi connectivity index (χ0v) is 8.97. The van der Waals surface area contributed by atoms with E-state index in [2.05, 4.69) is 5.43 Å². The molecule has 0 atom stereocenters. The van der Waals surface area contributed by atoms with Crippen LogP contribution in [0.5, 0.6) is 0 Å². The first-order chi connectivity index (χ1) is 6.69. The van der Waals surface area contributed by atoms with Crippen LogP contribution < -0.4 is 16.2 Å². The van der Waals surface area contributed by atoms with Crippen molar-refractivity contribution in [2.45, 2.75) is 4.90 Å². The Balaban J connectivity index is 2.81. The number of nitrogens with two attached hydrogens (primary N) is 1. The molecule has 1 aromatic rings. The fourth-order valence-electron chi connectivity index (χ4n) is 1.02. The van der Waals surface area contributed by atoms with E-state index in [4.69, 9.17) is 5.84 Å². The van der Waals surface area contributed by atoms with Gasteiger partial charge >= 0.3 is 6.03 Å². The van der Waals surface area contributed by atoms with Gasteiger partial charge in [0.05, 0.1) is 0 Å². The van der Waals surface area contributed by atoms with Crippen LogP contribution in [0, 0.1) is 0 Å². The molecule has 1 rings (SSSR count). The third-order valence-corrected chi connectivity index (χ3v) is 2.63. The van der Waals surface area contributed by atoms with Crippen molar-refractivity contribution >= 4 is 23.5 Å². The monoisotopic (exact) mass is 211 g/mol. The number of carbonyl (C=O) groups is 1. The molecule has 0 aromatic heterocycles. The second kappa shape index (κ2) is 4.88. The van der Waals surface area contributed by atoms with Crippen molar-refractivity contribution in [2.75, 3.05) is 18.2 Å². The van der Waals surface area contributed by atoms with Gasteiger partial charge in [0.25, 0.3) is 0 Å². The Kier molecular flexibility index (Phi) is 3.79. The van der Waals surface area contributed by atoms with Crippen molar-refractivity contribution in [2.24, 2.45) is 5.84 Å². The van der Waals surface area contributed by atoms with E-state index in [1.165, 1.54) is 4.90 Å². The molecule has 0 aliphatic rings. The minimum atomic E-state index is -0.332. The first kappa shape index (κ1) is 10.9. The molecule has 5 heteroatoms. The maximum Gasteiger partial charge on any atom is 0.335 e. The van der Waals surface area contributed by atoms with Crippen LogP contribution in [0.25, 0.3) is 0 Å². The smallest absolute Gasteiger partial charge is 0.296 e. The Morgan fingerprint density at radius 1 is 1.43 bits per heavy atom. The maximum absolute atomic E-state index is 11.2. The number of carbonyl (C=O) groups excluding carboxylic acids is 1. The van der Waals surface area contributed by atoms with Crippen LogP contribution in [0.3, 0.4) is 0 Å². The maximum atomic E-state index is 11.2. The molecule has 3 N–H and O–H groups in total. The van der Waals surface area contributed by atoms with Gasteiger partial charge in [0, 0.05) is 17.6 Å². The number of amides is 2. The summed E-state index contributed by atoms with van der Waals surface area (Å²) in [6, 6.07) is 7.34. The van der Waals surface area contributed by atoms with Crippen molar-refractivity contribution in [3.8, 4) is 0 Å². The Morgan fingerprint density at radius 2 is 2.00 bits per heavy atom. The summed E-state index contributed by atoms with van der Waals surface area (Å²) in [6.07, 6.45) is 2.01. The predicted molar refractivity (Wildman–Crippen MR) is 59.3 cm³/mol. The largest absolute Gasteiger partial charge is 0.335 e. The second-order valence-corrected chi connectivity index (χ2v) is 3.59. The number of hydrogen-bond acceptors (Lipinski definition) is 3. The fraction of sp³-hybridized carbons (Fsp3) is 0.222. The topological polar surface area (TPSA) is 58.4 Å². The van der Waals surface area contributed by atoms with Crippen molar-refractivity contribution in [1.82, 2.24) is 5.43 Å². The van der Waals surface area contributed by atoms with Gasteiger partial charge in [-0.3, -0.25) is 10.3 Å². The summed E-state index contributed by atoms with van der Waals surface area (Å²) in [5.74, 6) is 5.02. The normalized spacial score (nSPS) is 9.64. The third-order valence-electron chi connectivity index (χ3n) is 1.89. The summed E-state index contributed by atoms with van der Waals surface area (Å²) >= 11 is 1.66. The number of nitrogens with zero attached hydrogens (tertiary/aromatic N) is 1. The lowest BCUT2D eigenvalue weighted by Gasteiger charge is -2.16. The molecular weight excluding hydrogens is 198 g/mol. The summed E-state index contributed by atoms with van der Waals surface area (Å²) in [5.41, 5.74) is 2.88. The number of hydrazine groups is 1. The molecule has 14 heavy (non-hydrogen) atoms. The van der Waals surface area contributed by atoms with Gasteiger partial charge in [-0.15, -0.1) is 11.8 Å². The Hall–Kier alpha value is -1.20. The second-order valence-electron chi connectivity index (χ2n) is 2.71. The average molecular weight is 211 g/mol. The van der Waals surface area contributed by atoms with E-state index < -0.39 is 0 Å². The van der Waals surface area contributed by atoms with Gasteiger partial charge in [0.15, 0.2) is 0 Å². The van der Waals surface area contributed by atoms with Crippen LogP contribution in [0.1, 0.15) is 0 Å². The van der Waals surface area contributed by atoms with Crippen LogP contribution in [-0.2, 0) is 0 Å². The van der Waals surface area contributed by atoms with Gasteiger partial charge in [-0.25, -0.2) is 10.6 Å². The lowest BCUT2D eigenvalue weighted by atomic mass is 10.3. The van der Waals surface area contributed by atoms with E-state index >= 15 is 0 Å². The summed E-state index contributed by atoms with van der Waals surface area (Å²) in [7, 11) is 1.66. The average Bonchev–Trinajstić information content (AvgIpc) is 2.27. The Bertz CT molecular complexity index is 312. The molecule has 76 valence electrons. The molecule has 4 nitrogen and oxygen atoms in total. The number of hydrogen-bond donors (Lipinski definition) is 2. The van der Waals surface area contributed by atoms with Crippen LogP contribution >= 0.6 is 11.8 Å². The molecule has 0 fully saturated rings. The van der Waals surface area contributed by atoms with Gasteiger partial charge in [-0.05, 0) is 30.5 Å². The number of benzene rings is 1. The molecular formula is C9H13N3OS. The first-order valence-corrected chi connectivity index (χ1v) is 5.30. The van der Waals surface area contributed by atoms with Gasteiger partial charge in [-0.2, -0.15) is 0 Å². The van der Waals surface area contributed by atoms with Crippen molar-refractivity contribution in [1.29, 1.82) is 0 Å². The zero-order valence-electron chi connectivity index (χ0n) is 8.15. The molecule has 0 saturated heterocycles. The molecule has 0 unspecified atom stereocenters. The van der Waals surface area contributed by atoms with Gasteiger partial charge < -0.3 is 0 Å². The fourth-order valence-corrected chi connectivity index (χ4v) is 1.43. The number of anilines is 1. The molecule has 2 amide bonds. The van der Waals surface area contributed by atoms with Crippen molar-refractivity contribution < 1.29 is 4.79 Å². The molecule has 0 aliphatic carbocycles. The lowest BCUT2D eigenvalue weighted by molar-refractivity contribution is 0.247. The highest BCUT2D eigenvalue weighted by molar-refractivity contribution is 7.98. The van der Waals surface area contributed by atoms with Crippen LogP contribution in [0.4, 0.5) is 10.5 Å².